The molecule has 16 heavy (non-hydrogen) atoms. The molecule has 0 aliphatic rings. The number of hydrogen-bond donors (Lipinski definition) is 2. The number of amides is 2. The van der Waals surface area contributed by atoms with Crippen LogP contribution in [0.2, 0.25) is 0 Å². The van der Waals surface area contributed by atoms with Crippen LogP contribution in [-0.2, 0) is 9.59 Å². The van der Waals surface area contributed by atoms with E-state index in [1.165, 1.54) is 0 Å². The number of carbonyl (C=O) groups excluding carboxylic acids is 2. The lowest BCUT2D eigenvalue weighted by Crippen LogP contribution is -2.41. The highest BCUT2D eigenvalue weighted by Crippen LogP contribution is 1.99. The Morgan fingerprint density at radius 1 is 0.750 bits per heavy atom. The summed E-state index contributed by atoms with van der Waals surface area (Å²) in [5.74, 6) is -0.199. The van der Waals surface area contributed by atoms with E-state index in [0.29, 0.717) is 12.8 Å². The van der Waals surface area contributed by atoms with E-state index in [1.807, 2.05) is 0 Å². The van der Waals surface area contributed by atoms with Gasteiger partial charge >= 0.3 is 0 Å². The van der Waals surface area contributed by atoms with Crippen LogP contribution in [0.4, 0.5) is 0 Å². The molecule has 0 saturated carbocycles. The molecular formula is C12H24N2O2. The highest BCUT2D eigenvalue weighted by molar-refractivity contribution is 5.81. The first-order chi connectivity index (χ1) is 7.70. The Bertz CT molecular complexity index is 183. The first-order valence-electron chi connectivity index (χ1n) is 6.28. The smallest absolute Gasteiger partial charge is 0.238 e. The minimum atomic E-state index is -0.0997. The Kier molecular flexibility index (Phi) is 9.76. The summed E-state index contributed by atoms with van der Waals surface area (Å²) in [5.41, 5.74) is 4.86. The normalized spacial score (nSPS) is 9.88. The van der Waals surface area contributed by atoms with Crippen molar-refractivity contribution in [1.82, 2.24) is 10.9 Å². The molecule has 0 heterocycles. The van der Waals surface area contributed by atoms with Gasteiger partial charge in [-0.3, -0.25) is 20.4 Å². The molecule has 0 aromatic rings. The fourth-order valence-corrected chi connectivity index (χ4v) is 1.34. The maximum absolute atomic E-state index is 11.2. The average Bonchev–Trinajstić information content (AvgIpc) is 2.27. The molecule has 0 rings (SSSR count). The molecule has 2 amide bonds. The summed E-state index contributed by atoms with van der Waals surface area (Å²) in [6.45, 7) is 4.18. The zero-order valence-corrected chi connectivity index (χ0v) is 10.5. The minimum absolute atomic E-state index is 0.0997. The van der Waals surface area contributed by atoms with E-state index in [4.69, 9.17) is 0 Å². The van der Waals surface area contributed by atoms with Gasteiger partial charge in [-0.25, -0.2) is 0 Å². The highest BCUT2D eigenvalue weighted by atomic mass is 16.2. The standard InChI is InChI=1S/C12H24N2O2/c1-3-5-7-9-11(15)13-14-12(16)10-8-6-4-2/h3-10H2,1-2H3,(H,13,15)(H,14,16). The number of hydrazine groups is 1. The number of rotatable bonds is 8. The second-order valence-electron chi connectivity index (χ2n) is 4.01. The van der Waals surface area contributed by atoms with E-state index in [0.717, 1.165) is 38.5 Å². The Morgan fingerprint density at radius 3 is 1.44 bits per heavy atom. The fourth-order valence-electron chi connectivity index (χ4n) is 1.34. The lowest BCUT2D eigenvalue weighted by molar-refractivity contribution is -0.129. The van der Waals surface area contributed by atoms with Gasteiger partial charge in [0.2, 0.25) is 11.8 Å². The SMILES string of the molecule is CCCCCC(=O)NNC(=O)CCCCC. The maximum Gasteiger partial charge on any atom is 0.238 e. The van der Waals surface area contributed by atoms with Crippen LogP contribution < -0.4 is 10.9 Å². The third kappa shape index (κ3) is 9.49. The van der Waals surface area contributed by atoms with Crippen molar-refractivity contribution in [3.05, 3.63) is 0 Å². The van der Waals surface area contributed by atoms with Crippen LogP contribution in [-0.4, -0.2) is 11.8 Å². The van der Waals surface area contributed by atoms with E-state index in [9.17, 15) is 9.59 Å². The Balaban J connectivity index is 3.40. The summed E-state index contributed by atoms with van der Waals surface area (Å²) in [6, 6.07) is 0. The predicted octanol–water partition coefficient (Wildman–Crippen LogP) is 2.29. The van der Waals surface area contributed by atoms with E-state index >= 15 is 0 Å². The van der Waals surface area contributed by atoms with E-state index < -0.39 is 0 Å². The zero-order valence-electron chi connectivity index (χ0n) is 10.5. The molecule has 94 valence electrons. The summed E-state index contributed by atoms with van der Waals surface area (Å²) in [5, 5.41) is 0. The van der Waals surface area contributed by atoms with Crippen LogP contribution in [0.25, 0.3) is 0 Å². The molecule has 4 nitrogen and oxygen atoms in total. The molecular weight excluding hydrogens is 204 g/mol. The topological polar surface area (TPSA) is 58.2 Å². The van der Waals surface area contributed by atoms with Crippen LogP contribution in [0.3, 0.4) is 0 Å². The number of hydrogen-bond acceptors (Lipinski definition) is 2. The molecule has 0 aliphatic carbocycles. The quantitative estimate of drug-likeness (QED) is 0.494. The summed E-state index contributed by atoms with van der Waals surface area (Å²) in [7, 11) is 0. The fraction of sp³-hybridized carbons (Fsp3) is 0.833. The van der Waals surface area contributed by atoms with Gasteiger partial charge in [-0.15, -0.1) is 0 Å². The third-order valence-corrected chi connectivity index (χ3v) is 2.36. The van der Waals surface area contributed by atoms with Gasteiger partial charge in [0, 0.05) is 12.8 Å². The molecule has 0 unspecified atom stereocenters. The van der Waals surface area contributed by atoms with Gasteiger partial charge in [0.15, 0.2) is 0 Å². The highest BCUT2D eigenvalue weighted by Gasteiger charge is 2.03. The molecule has 0 atom stereocenters. The van der Waals surface area contributed by atoms with Gasteiger partial charge in [0.1, 0.15) is 0 Å². The van der Waals surface area contributed by atoms with Crippen molar-refractivity contribution in [2.45, 2.75) is 65.2 Å². The van der Waals surface area contributed by atoms with Crippen molar-refractivity contribution in [2.24, 2.45) is 0 Å². The van der Waals surface area contributed by atoms with Crippen LogP contribution in [0.5, 0.6) is 0 Å². The Morgan fingerprint density at radius 2 is 1.12 bits per heavy atom. The lowest BCUT2D eigenvalue weighted by atomic mass is 10.2. The van der Waals surface area contributed by atoms with Gasteiger partial charge in [0.25, 0.3) is 0 Å². The van der Waals surface area contributed by atoms with Crippen molar-refractivity contribution in [3.63, 3.8) is 0 Å². The Labute approximate surface area is 98.1 Å². The molecule has 0 aromatic heterocycles. The zero-order chi connectivity index (χ0) is 12.2. The van der Waals surface area contributed by atoms with Crippen molar-refractivity contribution < 1.29 is 9.59 Å². The van der Waals surface area contributed by atoms with Crippen LogP contribution in [0.1, 0.15) is 65.2 Å². The van der Waals surface area contributed by atoms with E-state index in [1.54, 1.807) is 0 Å². The largest absolute Gasteiger partial charge is 0.273 e. The van der Waals surface area contributed by atoms with Crippen molar-refractivity contribution in [2.75, 3.05) is 0 Å². The summed E-state index contributed by atoms with van der Waals surface area (Å²) in [6.07, 6.45) is 7.04. The summed E-state index contributed by atoms with van der Waals surface area (Å²) < 4.78 is 0. The second-order valence-corrected chi connectivity index (χ2v) is 4.01. The maximum atomic E-state index is 11.2. The van der Waals surface area contributed by atoms with Gasteiger partial charge in [-0.2, -0.15) is 0 Å². The van der Waals surface area contributed by atoms with Crippen molar-refractivity contribution in [3.8, 4) is 0 Å². The number of unbranched alkanes of at least 4 members (excludes halogenated alkanes) is 4. The molecule has 0 spiro atoms. The third-order valence-electron chi connectivity index (χ3n) is 2.36. The monoisotopic (exact) mass is 228 g/mol. The van der Waals surface area contributed by atoms with Crippen LogP contribution >= 0.6 is 0 Å². The number of nitrogens with one attached hydrogen (secondary N) is 2. The van der Waals surface area contributed by atoms with E-state index in [2.05, 4.69) is 24.7 Å². The molecule has 0 saturated heterocycles. The predicted molar refractivity (Wildman–Crippen MR) is 64.6 cm³/mol. The minimum Gasteiger partial charge on any atom is -0.273 e. The first-order valence-corrected chi connectivity index (χ1v) is 6.28. The molecule has 0 fully saturated rings. The van der Waals surface area contributed by atoms with Gasteiger partial charge < -0.3 is 0 Å². The second kappa shape index (κ2) is 10.5. The van der Waals surface area contributed by atoms with Gasteiger partial charge in [-0.1, -0.05) is 39.5 Å². The molecule has 4 heteroatoms. The van der Waals surface area contributed by atoms with Crippen LogP contribution in [0, 0.1) is 0 Å². The molecule has 0 bridgehead atoms. The number of carbonyl (C=O) groups is 2. The van der Waals surface area contributed by atoms with E-state index in [-0.39, 0.29) is 11.8 Å². The van der Waals surface area contributed by atoms with Crippen LogP contribution in [0.15, 0.2) is 0 Å². The molecule has 0 aliphatic heterocycles. The average molecular weight is 228 g/mol. The first kappa shape index (κ1) is 14.9. The van der Waals surface area contributed by atoms with Gasteiger partial charge in [-0.05, 0) is 12.8 Å². The molecule has 2 N–H and O–H groups in total. The van der Waals surface area contributed by atoms with Crippen molar-refractivity contribution >= 4 is 11.8 Å². The van der Waals surface area contributed by atoms with Crippen molar-refractivity contribution in [1.29, 1.82) is 0 Å². The molecule has 0 aromatic carbocycles. The Hall–Kier alpha value is -1.06. The lowest BCUT2D eigenvalue weighted by Gasteiger charge is -2.06. The summed E-state index contributed by atoms with van der Waals surface area (Å²) >= 11 is 0. The summed E-state index contributed by atoms with van der Waals surface area (Å²) in [4.78, 5) is 22.5. The van der Waals surface area contributed by atoms with Gasteiger partial charge in [0.05, 0.1) is 0 Å². The molecule has 0 radical (unpaired) electrons.